The van der Waals surface area contributed by atoms with Crippen LogP contribution in [0.1, 0.15) is 39.0 Å². The molecule has 2 unspecified atom stereocenters. The first-order valence-electron chi connectivity index (χ1n) is 5.78. The van der Waals surface area contributed by atoms with E-state index in [1.807, 2.05) is 6.92 Å². The third-order valence-corrected chi connectivity index (χ3v) is 5.10. The fourth-order valence-electron chi connectivity index (χ4n) is 2.71. The smallest absolute Gasteiger partial charge is 0.325 e. The van der Waals surface area contributed by atoms with E-state index >= 15 is 0 Å². The lowest BCUT2D eigenvalue weighted by Gasteiger charge is -2.32. The van der Waals surface area contributed by atoms with Gasteiger partial charge in [0.15, 0.2) is 0 Å². The average molecular weight is 229 g/mol. The van der Waals surface area contributed by atoms with Gasteiger partial charge >= 0.3 is 5.97 Å². The molecule has 0 spiro atoms. The van der Waals surface area contributed by atoms with E-state index in [1.54, 1.807) is 11.8 Å². The first-order valence-corrected chi connectivity index (χ1v) is 6.83. The van der Waals surface area contributed by atoms with Gasteiger partial charge in [0.1, 0.15) is 5.54 Å². The number of hydrogen-bond donors (Lipinski definition) is 2. The first-order chi connectivity index (χ1) is 7.15. The number of carboxylic acids is 1. The van der Waals surface area contributed by atoms with Crippen LogP contribution in [0.5, 0.6) is 0 Å². The molecule has 1 aliphatic heterocycles. The molecule has 2 aliphatic rings. The van der Waals surface area contributed by atoms with Crippen molar-refractivity contribution in [1.29, 1.82) is 0 Å². The van der Waals surface area contributed by atoms with Gasteiger partial charge in [-0.05, 0) is 25.0 Å². The Balaban J connectivity index is 2.08. The van der Waals surface area contributed by atoms with Gasteiger partial charge in [0, 0.05) is 11.3 Å². The number of aliphatic carboxylic acids is 1. The van der Waals surface area contributed by atoms with Crippen LogP contribution in [-0.4, -0.2) is 33.7 Å². The second-order valence-electron chi connectivity index (χ2n) is 4.67. The predicted molar refractivity (Wildman–Crippen MR) is 62.3 cm³/mol. The highest BCUT2D eigenvalue weighted by atomic mass is 32.2. The molecular formula is C11H19NO2S. The average Bonchev–Trinajstić information content (AvgIpc) is 2.78. The Morgan fingerprint density at radius 1 is 1.47 bits per heavy atom. The summed E-state index contributed by atoms with van der Waals surface area (Å²) in [5.74, 6) is 0.305. The van der Waals surface area contributed by atoms with Crippen LogP contribution in [0, 0.1) is 0 Å². The van der Waals surface area contributed by atoms with Crippen LogP contribution in [0.3, 0.4) is 0 Å². The van der Waals surface area contributed by atoms with Gasteiger partial charge in [0.2, 0.25) is 0 Å². The van der Waals surface area contributed by atoms with Crippen molar-refractivity contribution in [2.75, 3.05) is 5.75 Å². The maximum absolute atomic E-state index is 11.4. The number of nitrogens with one attached hydrogen (secondary N) is 1. The maximum atomic E-state index is 11.4. The first kappa shape index (κ1) is 11.3. The van der Waals surface area contributed by atoms with Gasteiger partial charge in [0.05, 0.1) is 0 Å². The molecule has 0 radical (unpaired) electrons. The highest BCUT2D eigenvalue weighted by molar-refractivity contribution is 8.00. The predicted octanol–water partition coefficient (Wildman–Crippen LogP) is 1.87. The Morgan fingerprint density at radius 2 is 2.13 bits per heavy atom. The second-order valence-corrected chi connectivity index (χ2v) is 6.11. The fraction of sp³-hybridized carbons (Fsp3) is 0.909. The monoisotopic (exact) mass is 229 g/mol. The van der Waals surface area contributed by atoms with E-state index in [-0.39, 0.29) is 5.25 Å². The molecule has 1 saturated heterocycles. The molecule has 1 aliphatic carbocycles. The van der Waals surface area contributed by atoms with Gasteiger partial charge in [-0.15, -0.1) is 0 Å². The van der Waals surface area contributed by atoms with Crippen molar-refractivity contribution in [3.05, 3.63) is 0 Å². The quantitative estimate of drug-likeness (QED) is 0.775. The molecule has 2 atom stereocenters. The zero-order chi connectivity index (χ0) is 10.9. The van der Waals surface area contributed by atoms with Crippen molar-refractivity contribution in [2.45, 2.75) is 55.9 Å². The minimum atomic E-state index is -0.660. The lowest BCUT2D eigenvalue weighted by atomic mass is 9.91. The number of carbonyl (C=O) groups is 1. The van der Waals surface area contributed by atoms with Crippen LogP contribution >= 0.6 is 11.8 Å². The summed E-state index contributed by atoms with van der Waals surface area (Å²) in [7, 11) is 0. The van der Waals surface area contributed by atoms with Crippen molar-refractivity contribution in [2.24, 2.45) is 0 Å². The maximum Gasteiger partial charge on any atom is 0.325 e. The highest BCUT2D eigenvalue weighted by Gasteiger charge is 2.48. The third-order valence-electron chi connectivity index (χ3n) is 3.76. The van der Waals surface area contributed by atoms with Crippen LogP contribution in [-0.2, 0) is 4.79 Å². The van der Waals surface area contributed by atoms with E-state index in [0.717, 1.165) is 25.0 Å². The molecule has 1 saturated carbocycles. The van der Waals surface area contributed by atoms with Gasteiger partial charge in [0.25, 0.3) is 0 Å². The lowest BCUT2D eigenvalue weighted by Crippen LogP contribution is -2.58. The van der Waals surface area contributed by atoms with Crippen LogP contribution < -0.4 is 5.32 Å². The highest BCUT2D eigenvalue weighted by Crippen LogP contribution is 2.37. The van der Waals surface area contributed by atoms with Gasteiger partial charge in [-0.1, -0.05) is 19.8 Å². The fourth-order valence-corrected chi connectivity index (χ4v) is 4.07. The van der Waals surface area contributed by atoms with Crippen LogP contribution in [0.15, 0.2) is 0 Å². The molecule has 2 fully saturated rings. The van der Waals surface area contributed by atoms with Crippen molar-refractivity contribution in [1.82, 2.24) is 5.32 Å². The Kier molecular flexibility index (Phi) is 3.26. The molecule has 0 aromatic heterocycles. The SMILES string of the molecule is CC1SCCC1(NC1CCCC1)C(=O)O. The minimum Gasteiger partial charge on any atom is -0.480 e. The van der Waals surface area contributed by atoms with Gasteiger partial charge in [-0.25, -0.2) is 0 Å². The molecule has 1 heterocycles. The Morgan fingerprint density at radius 3 is 2.60 bits per heavy atom. The van der Waals surface area contributed by atoms with Crippen molar-refractivity contribution >= 4 is 17.7 Å². The summed E-state index contributed by atoms with van der Waals surface area (Å²) < 4.78 is 0. The van der Waals surface area contributed by atoms with E-state index in [2.05, 4.69) is 5.32 Å². The van der Waals surface area contributed by atoms with Gasteiger partial charge in [-0.3, -0.25) is 10.1 Å². The summed E-state index contributed by atoms with van der Waals surface area (Å²) in [6.07, 6.45) is 5.55. The third kappa shape index (κ3) is 2.02. The summed E-state index contributed by atoms with van der Waals surface area (Å²) in [5.41, 5.74) is -0.653. The molecule has 0 aromatic carbocycles. The Hall–Kier alpha value is -0.220. The number of carboxylic acid groups (broad SMARTS) is 1. The lowest BCUT2D eigenvalue weighted by molar-refractivity contribution is -0.145. The normalized spacial score (nSPS) is 37.3. The number of rotatable bonds is 3. The molecular weight excluding hydrogens is 210 g/mol. The van der Waals surface area contributed by atoms with Crippen LogP contribution in [0.25, 0.3) is 0 Å². The molecule has 3 nitrogen and oxygen atoms in total. The largest absolute Gasteiger partial charge is 0.480 e. The van der Waals surface area contributed by atoms with Crippen molar-refractivity contribution in [3.63, 3.8) is 0 Å². The Bertz CT molecular complexity index is 253. The summed E-state index contributed by atoms with van der Waals surface area (Å²) in [4.78, 5) is 11.4. The van der Waals surface area contributed by atoms with Crippen molar-refractivity contribution < 1.29 is 9.90 Å². The van der Waals surface area contributed by atoms with Crippen LogP contribution in [0.4, 0.5) is 0 Å². The molecule has 2 N–H and O–H groups in total. The summed E-state index contributed by atoms with van der Waals surface area (Å²) >= 11 is 1.77. The zero-order valence-corrected chi connectivity index (χ0v) is 9.98. The molecule has 15 heavy (non-hydrogen) atoms. The van der Waals surface area contributed by atoms with E-state index in [1.165, 1.54) is 12.8 Å². The van der Waals surface area contributed by atoms with Gasteiger partial charge < -0.3 is 5.11 Å². The topological polar surface area (TPSA) is 49.3 Å². The standard InChI is InChI=1S/C11H19NO2S/c1-8-11(10(13)14,6-7-15-8)12-9-4-2-3-5-9/h8-9,12H,2-7H2,1H3,(H,13,14). The van der Waals surface area contributed by atoms with E-state index in [0.29, 0.717) is 6.04 Å². The molecule has 0 aromatic rings. The summed E-state index contributed by atoms with van der Waals surface area (Å²) in [5, 5.41) is 13.0. The van der Waals surface area contributed by atoms with E-state index in [9.17, 15) is 9.90 Å². The summed E-state index contributed by atoms with van der Waals surface area (Å²) in [6.45, 7) is 2.04. The van der Waals surface area contributed by atoms with Gasteiger partial charge in [-0.2, -0.15) is 11.8 Å². The second kappa shape index (κ2) is 4.34. The number of thioether (sulfide) groups is 1. The minimum absolute atomic E-state index is 0.190. The van der Waals surface area contributed by atoms with E-state index < -0.39 is 11.5 Å². The molecule has 2 rings (SSSR count). The van der Waals surface area contributed by atoms with Crippen molar-refractivity contribution in [3.8, 4) is 0 Å². The molecule has 4 heteroatoms. The molecule has 0 amide bonds. The van der Waals surface area contributed by atoms with E-state index in [4.69, 9.17) is 0 Å². The Labute approximate surface area is 95.0 Å². The molecule has 0 bridgehead atoms. The number of hydrogen-bond acceptors (Lipinski definition) is 3. The van der Waals surface area contributed by atoms with Crippen LogP contribution in [0.2, 0.25) is 0 Å². The summed E-state index contributed by atoms with van der Waals surface area (Å²) in [6, 6.07) is 0.433. The zero-order valence-electron chi connectivity index (χ0n) is 9.16. The molecule has 86 valence electrons.